The zero-order valence-electron chi connectivity index (χ0n) is 12.4. The van der Waals surface area contributed by atoms with Crippen molar-refractivity contribution in [3.63, 3.8) is 0 Å². The molecule has 0 spiro atoms. The minimum absolute atomic E-state index is 0.616. The van der Waals surface area contributed by atoms with Crippen molar-refractivity contribution in [2.24, 2.45) is 10.2 Å². The molecular formula is C17H13N3OS2. The quantitative estimate of drug-likeness (QED) is 0.522. The second-order valence-electron chi connectivity index (χ2n) is 4.55. The molecule has 0 unspecified atom stereocenters. The lowest BCUT2D eigenvalue weighted by atomic mass is 10.2. The van der Waals surface area contributed by atoms with Gasteiger partial charge in [-0.05, 0) is 55.5 Å². The van der Waals surface area contributed by atoms with Gasteiger partial charge < -0.3 is 4.74 Å². The molecular weight excluding hydrogens is 326 g/mol. The Morgan fingerprint density at radius 2 is 1.70 bits per heavy atom. The van der Waals surface area contributed by atoms with E-state index in [4.69, 9.17) is 10.00 Å². The first-order valence-corrected chi connectivity index (χ1v) is 8.66. The number of rotatable bonds is 5. The molecule has 0 aliphatic rings. The molecule has 3 rings (SSSR count). The van der Waals surface area contributed by atoms with Crippen LogP contribution in [0.15, 0.2) is 58.8 Å². The number of hydrogen-bond acceptors (Lipinski definition) is 6. The highest BCUT2D eigenvalue weighted by Gasteiger charge is 2.06. The zero-order chi connectivity index (χ0) is 16.1. The number of thiophene rings is 2. The maximum atomic E-state index is 8.77. The highest BCUT2D eigenvalue weighted by atomic mass is 32.1. The van der Waals surface area contributed by atoms with E-state index in [0.29, 0.717) is 12.2 Å². The molecule has 0 saturated carbocycles. The van der Waals surface area contributed by atoms with Crippen LogP contribution >= 0.6 is 22.7 Å². The van der Waals surface area contributed by atoms with Crippen LogP contribution in [-0.4, -0.2) is 6.61 Å². The van der Waals surface area contributed by atoms with Crippen molar-refractivity contribution < 1.29 is 4.74 Å². The Bertz CT molecular complexity index is 857. The Hall–Kier alpha value is -2.49. The largest absolute Gasteiger partial charge is 0.484 e. The first-order chi connectivity index (χ1) is 11.3. The highest BCUT2D eigenvalue weighted by Crippen LogP contribution is 2.39. The third-order valence-corrected chi connectivity index (χ3v) is 5.13. The van der Waals surface area contributed by atoms with Crippen LogP contribution in [0.25, 0.3) is 9.75 Å². The van der Waals surface area contributed by atoms with Gasteiger partial charge in [-0.15, -0.1) is 21.6 Å². The van der Waals surface area contributed by atoms with E-state index in [2.05, 4.69) is 22.4 Å². The van der Waals surface area contributed by atoms with E-state index >= 15 is 0 Å². The molecule has 0 saturated heterocycles. The number of nitrogens with zero attached hydrogens (tertiary/aromatic N) is 3. The van der Waals surface area contributed by atoms with Gasteiger partial charge in [0.25, 0.3) is 0 Å². The topological polar surface area (TPSA) is 57.7 Å². The summed E-state index contributed by atoms with van der Waals surface area (Å²) < 4.78 is 5.50. The minimum Gasteiger partial charge on any atom is -0.484 e. The van der Waals surface area contributed by atoms with Crippen molar-refractivity contribution in [2.75, 3.05) is 6.61 Å². The van der Waals surface area contributed by atoms with Crippen LogP contribution in [0.5, 0.6) is 5.06 Å². The summed E-state index contributed by atoms with van der Waals surface area (Å²) in [6, 6.07) is 17.1. The molecule has 3 aromatic rings. The normalized spacial score (nSPS) is 10.8. The van der Waals surface area contributed by atoms with Gasteiger partial charge in [0.2, 0.25) is 0 Å². The molecule has 0 radical (unpaired) electrons. The Balaban J connectivity index is 1.73. The predicted molar refractivity (Wildman–Crippen MR) is 94.1 cm³/mol. The summed E-state index contributed by atoms with van der Waals surface area (Å²) >= 11 is 3.21. The number of nitriles is 1. The van der Waals surface area contributed by atoms with E-state index in [9.17, 15) is 0 Å². The fraction of sp³-hybridized carbons (Fsp3) is 0.118. The van der Waals surface area contributed by atoms with Crippen molar-refractivity contribution in [3.8, 4) is 20.9 Å². The fourth-order valence-corrected chi connectivity index (χ4v) is 3.73. The molecule has 2 heterocycles. The second kappa shape index (κ2) is 7.18. The van der Waals surface area contributed by atoms with Gasteiger partial charge in [0, 0.05) is 9.75 Å². The molecule has 0 aliphatic carbocycles. The third kappa shape index (κ3) is 3.83. The second-order valence-corrected chi connectivity index (χ2v) is 6.66. The van der Waals surface area contributed by atoms with Gasteiger partial charge in [0.1, 0.15) is 5.00 Å². The van der Waals surface area contributed by atoms with Crippen molar-refractivity contribution in [1.82, 2.24) is 0 Å². The average Bonchev–Trinajstić information content (AvgIpc) is 3.23. The molecule has 0 atom stereocenters. The van der Waals surface area contributed by atoms with Crippen molar-refractivity contribution >= 4 is 33.4 Å². The molecule has 1 aromatic carbocycles. The van der Waals surface area contributed by atoms with Gasteiger partial charge in [0.05, 0.1) is 23.9 Å². The SMILES string of the molecule is CCOc1ccc(-c2ccc(N=Nc3ccc(C#N)cc3)s2)s1. The van der Waals surface area contributed by atoms with E-state index in [1.165, 1.54) is 4.88 Å². The van der Waals surface area contributed by atoms with Crippen LogP contribution < -0.4 is 4.74 Å². The number of hydrogen-bond donors (Lipinski definition) is 0. The van der Waals surface area contributed by atoms with Crippen LogP contribution in [0, 0.1) is 11.3 Å². The summed E-state index contributed by atoms with van der Waals surface area (Å²) in [6.45, 7) is 2.65. The summed E-state index contributed by atoms with van der Waals surface area (Å²) in [4.78, 5) is 2.31. The number of ether oxygens (including phenoxy) is 1. The Morgan fingerprint density at radius 1 is 0.957 bits per heavy atom. The summed E-state index contributed by atoms with van der Waals surface area (Å²) in [5.74, 6) is 0. The molecule has 23 heavy (non-hydrogen) atoms. The van der Waals surface area contributed by atoms with E-state index in [1.807, 2.05) is 25.1 Å². The van der Waals surface area contributed by atoms with E-state index in [1.54, 1.807) is 46.9 Å². The molecule has 6 heteroatoms. The maximum absolute atomic E-state index is 8.77. The molecule has 114 valence electrons. The standard InChI is InChI=1S/C17H13N3OS2/c1-2-21-17-10-8-15(23-17)14-7-9-16(22-14)20-19-13-5-3-12(11-18)4-6-13/h3-10H,2H2,1H3. The van der Waals surface area contributed by atoms with Crippen LogP contribution in [0.1, 0.15) is 12.5 Å². The molecule has 4 nitrogen and oxygen atoms in total. The van der Waals surface area contributed by atoms with Gasteiger partial charge >= 0.3 is 0 Å². The van der Waals surface area contributed by atoms with Gasteiger partial charge in [0.15, 0.2) is 5.06 Å². The molecule has 0 N–H and O–H groups in total. The molecule has 0 bridgehead atoms. The highest BCUT2D eigenvalue weighted by molar-refractivity contribution is 7.24. The molecule has 0 aliphatic heterocycles. The number of azo groups is 1. The monoisotopic (exact) mass is 339 g/mol. The minimum atomic E-state index is 0.616. The smallest absolute Gasteiger partial charge is 0.174 e. The Morgan fingerprint density at radius 3 is 2.43 bits per heavy atom. The molecule has 0 fully saturated rings. The first-order valence-electron chi connectivity index (χ1n) is 7.03. The van der Waals surface area contributed by atoms with Crippen LogP contribution in [-0.2, 0) is 0 Å². The lowest BCUT2D eigenvalue weighted by molar-refractivity contribution is 0.350. The fourth-order valence-electron chi connectivity index (χ4n) is 1.90. The predicted octanol–water partition coefficient (Wildman–Crippen LogP) is 6.16. The van der Waals surface area contributed by atoms with E-state index in [0.717, 1.165) is 20.6 Å². The van der Waals surface area contributed by atoms with Crippen LogP contribution in [0.4, 0.5) is 10.7 Å². The number of benzene rings is 1. The molecule has 2 aromatic heterocycles. The summed E-state index contributed by atoms with van der Waals surface area (Å²) in [5.41, 5.74) is 1.35. The van der Waals surface area contributed by atoms with Crippen LogP contribution in [0.3, 0.4) is 0 Å². The van der Waals surface area contributed by atoms with Gasteiger partial charge in [-0.1, -0.05) is 11.3 Å². The average molecular weight is 339 g/mol. The lowest BCUT2D eigenvalue weighted by Crippen LogP contribution is -1.86. The summed E-state index contributed by atoms with van der Waals surface area (Å²) in [7, 11) is 0. The zero-order valence-corrected chi connectivity index (χ0v) is 14.0. The van der Waals surface area contributed by atoms with Gasteiger partial charge in [-0.2, -0.15) is 5.26 Å². The van der Waals surface area contributed by atoms with Gasteiger partial charge in [-0.25, -0.2) is 0 Å². The molecule has 0 amide bonds. The Kier molecular flexibility index (Phi) is 4.81. The van der Waals surface area contributed by atoms with Gasteiger partial charge in [-0.3, -0.25) is 0 Å². The maximum Gasteiger partial charge on any atom is 0.174 e. The van der Waals surface area contributed by atoms with E-state index in [-0.39, 0.29) is 0 Å². The summed E-state index contributed by atoms with van der Waals surface area (Å²) in [5, 5.41) is 19.0. The van der Waals surface area contributed by atoms with E-state index < -0.39 is 0 Å². The van der Waals surface area contributed by atoms with Crippen molar-refractivity contribution in [3.05, 3.63) is 54.1 Å². The lowest BCUT2D eigenvalue weighted by Gasteiger charge is -1.95. The third-order valence-electron chi connectivity index (χ3n) is 2.96. The first kappa shape index (κ1) is 15.4. The van der Waals surface area contributed by atoms with Crippen molar-refractivity contribution in [2.45, 2.75) is 6.92 Å². The van der Waals surface area contributed by atoms with Crippen LogP contribution in [0.2, 0.25) is 0 Å². The van der Waals surface area contributed by atoms with Crippen molar-refractivity contribution in [1.29, 1.82) is 5.26 Å². The Labute approximate surface area is 142 Å². The summed E-state index contributed by atoms with van der Waals surface area (Å²) in [6.07, 6.45) is 0.